The molecule has 0 unspecified atom stereocenters. The molecule has 0 bridgehead atoms. The van der Waals surface area contributed by atoms with E-state index in [0.717, 1.165) is 0 Å². The van der Waals surface area contributed by atoms with Crippen LogP contribution in [0.15, 0.2) is 56.9 Å². The molecule has 0 radical (unpaired) electrons. The number of hydrogen-bond acceptors (Lipinski definition) is 6. The van der Waals surface area contributed by atoms with Crippen molar-refractivity contribution in [2.45, 2.75) is 11.8 Å². The first-order valence-corrected chi connectivity index (χ1v) is 9.35. The third-order valence-corrected chi connectivity index (χ3v) is 5.03. The van der Waals surface area contributed by atoms with Crippen molar-refractivity contribution in [3.8, 4) is 0 Å². The monoisotopic (exact) mass is 389 g/mol. The highest BCUT2D eigenvalue weighted by molar-refractivity contribution is 7.92. The summed E-state index contributed by atoms with van der Waals surface area (Å²) in [5.74, 6) is -0.501. The van der Waals surface area contributed by atoms with Crippen molar-refractivity contribution in [3.05, 3.63) is 68.7 Å². The van der Waals surface area contributed by atoms with Crippen molar-refractivity contribution in [2.24, 2.45) is 0 Å². The van der Waals surface area contributed by atoms with Crippen LogP contribution in [0.2, 0.25) is 0 Å². The summed E-state index contributed by atoms with van der Waals surface area (Å²) < 4.78 is 32.3. The number of aromatic amines is 2. The van der Waals surface area contributed by atoms with E-state index in [-0.39, 0.29) is 22.7 Å². The zero-order valence-electron chi connectivity index (χ0n) is 14.1. The molecule has 0 fully saturated rings. The van der Waals surface area contributed by atoms with E-state index in [1.165, 1.54) is 42.5 Å². The minimum absolute atomic E-state index is 0.104. The van der Waals surface area contributed by atoms with Crippen molar-refractivity contribution >= 4 is 32.7 Å². The Morgan fingerprint density at radius 2 is 1.63 bits per heavy atom. The minimum atomic E-state index is -3.95. The van der Waals surface area contributed by atoms with Crippen molar-refractivity contribution in [2.75, 3.05) is 11.3 Å². The van der Waals surface area contributed by atoms with Crippen molar-refractivity contribution in [3.63, 3.8) is 0 Å². The molecule has 0 aliphatic carbocycles. The lowest BCUT2D eigenvalue weighted by Crippen LogP contribution is -2.29. The largest absolute Gasteiger partial charge is 0.462 e. The Bertz CT molecular complexity index is 1230. The van der Waals surface area contributed by atoms with E-state index in [2.05, 4.69) is 14.7 Å². The van der Waals surface area contributed by atoms with Crippen LogP contribution in [0, 0.1) is 0 Å². The third kappa shape index (κ3) is 3.90. The van der Waals surface area contributed by atoms with Gasteiger partial charge in [-0.15, -0.1) is 0 Å². The van der Waals surface area contributed by atoms with Gasteiger partial charge in [0.1, 0.15) is 0 Å². The molecule has 0 amide bonds. The number of carbonyl (C=O) groups excluding carboxylic acids is 1. The zero-order chi connectivity index (χ0) is 19.6. The molecule has 0 aliphatic heterocycles. The number of esters is 1. The van der Waals surface area contributed by atoms with Gasteiger partial charge in [0.2, 0.25) is 0 Å². The summed E-state index contributed by atoms with van der Waals surface area (Å²) in [6.45, 7) is 1.93. The molecule has 3 rings (SSSR count). The maximum Gasteiger partial charge on any atom is 0.338 e. The molecule has 0 atom stereocenters. The number of H-pyrrole nitrogens is 2. The van der Waals surface area contributed by atoms with Gasteiger partial charge in [0, 0.05) is 5.69 Å². The lowest BCUT2D eigenvalue weighted by molar-refractivity contribution is 0.0526. The molecule has 9 nitrogen and oxygen atoms in total. The predicted octanol–water partition coefficient (Wildman–Crippen LogP) is 1.19. The molecule has 10 heteroatoms. The average Bonchev–Trinajstić information content (AvgIpc) is 2.63. The Balaban J connectivity index is 1.89. The van der Waals surface area contributed by atoms with Crippen molar-refractivity contribution in [1.29, 1.82) is 0 Å². The summed E-state index contributed by atoms with van der Waals surface area (Å²) in [6, 6.07) is 9.67. The molecule has 1 aromatic heterocycles. The van der Waals surface area contributed by atoms with Gasteiger partial charge in [0.05, 0.1) is 28.1 Å². The number of hydrogen-bond donors (Lipinski definition) is 3. The summed E-state index contributed by atoms with van der Waals surface area (Å²) in [6.07, 6.45) is 0. The smallest absolute Gasteiger partial charge is 0.338 e. The van der Waals surface area contributed by atoms with Crippen molar-refractivity contribution in [1.82, 2.24) is 9.97 Å². The van der Waals surface area contributed by atoms with E-state index < -0.39 is 27.1 Å². The number of aromatic nitrogens is 2. The van der Waals surface area contributed by atoms with Crippen LogP contribution >= 0.6 is 0 Å². The number of benzene rings is 2. The molecule has 1 heterocycles. The van der Waals surface area contributed by atoms with Gasteiger partial charge < -0.3 is 14.7 Å². The Hall–Kier alpha value is -3.40. The molecule has 0 spiro atoms. The van der Waals surface area contributed by atoms with Crippen LogP contribution in [0.3, 0.4) is 0 Å². The van der Waals surface area contributed by atoms with Gasteiger partial charge in [0.15, 0.2) is 0 Å². The summed E-state index contributed by atoms with van der Waals surface area (Å²) >= 11 is 0. The normalized spacial score (nSPS) is 11.3. The number of nitrogens with one attached hydrogen (secondary N) is 3. The fraction of sp³-hybridized carbons (Fsp3) is 0.118. The second kappa shape index (κ2) is 7.08. The van der Waals surface area contributed by atoms with Crippen molar-refractivity contribution < 1.29 is 17.9 Å². The van der Waals surface area contributed by atoms with Crippen LogP contribution in [0.4, 0.5) is 5.69 Å². The summed E-state index contributed by atoms with van der Waals surface area (Å²) in [7, 11) is -3.95. The van der Waals surface area contributed by atoms with Gasteiger partial charge in [0.25, 0.3) is 10.0 Å². The van der Waals surface area contributed by atoms with Gasteiger partial charge in [-0.1, -0.05) is 0 Å². The molecule has 140 valence electrons. The Labute approximate surface area is 153 Å². The fourth-order valence-corrected chi connectivity index (χ4v) is 3.45. The Morgan fingerprint density at radius 1 is 1.00 bits per heavy atom. The summed E-state index contributed by atoms with van der Waals surface area (Å²) in [5.41, 5.74) is -0.667. The van der Waals surface area contributed by atoms with E-state index >= 15 is 0 Å². The number of anilines is 1. The number of sulfonamides is 1. The van der Waals surface area contributed by atoms with E-state index in [0.29, 0.717) is 11.1 Å². The highest BCUT2D eigenvalue weighted by atomic mass is 32.2. The van der Waals surface area contributed by atoms with Crippen LogP contribution in [0.5, 0.6) is 0 Å². The first-order valence-electron chi connectivity index (χ1n) is 7.86. The van der Waals surface area contributed by atoms with Crippen LogP contribution in [-0.2, 0) is 14.8 Å². The number of carbonyl (C=O) groups is 1. The quantitative estimate of drug-likeness (QED) is 0.443. The van der Waals surface area contributed by atoms with Crippen LogP contribution in [0.1, 0.15) is 17.3 Å². The lowest BCUT2D eigenvalue weighted by atomic mass is 10.2. The van der Waals surface area contributed by atoms with Gasteiger partial charge in [-0.2, -0.15) is 0 Å². The molecule has 2 aromatic carbocycles. The highest BCUT2D eigenvalue weighted by Crippen LogP contribution is 2.19. The molecule has 3 N–H and O–H groups in total. The van der Waals surface area contributed by atoms with Gasteiger partial charge in [-0.25, -0.2) is 13.2 Å². The van der Waals surface area contributed by atoms with E-state index in [1.807, 2.05) is 0 Å². The minimum Gasteiger partial charge on any atom is -0.462 e. The Kier molecular flexibility index (Phi) is 4.82. The third-order valence-electron chi connectivity index (χ3n) is 3.65. The molecule has 0 aliphatic rings. The van der Waals surface area contributed by atoms with Gasteiger partial charge >= 0.3 is 17.1 Å². The van der Waals surface area contributed by atoms with E-state index in [1.54, 1.807) is 6.92 Å². The topological polar surface area (TPSA) is 138 Å². The van der Waals surface area contributed by atoms with Gasteiger partial charge in [-0.05, 0) is 49.4 Å². The number of rotatable bonds is 5. The molecule has 27 heavy (non-hydrogen) atoms. The highest BCUT2D eigenvalue weighted by Gasteiger charge is 2.16. The second-order valence-electron chi connectivity index (χ2n) is 5.52. The van der Waals surface area contributed by atoms with E-state index in [4.69, 9.17) is 4.74 Å². The molecule has 3 aromatic rings. The van der Waals surface area contributed by atoms with Crippen LogP contribution < -0.4 is 15.8 Å². The zero-order valence-corrected chi connectivity index (χ0v) is 14.9. The summed E-state index contributed by atoms with van der Waals surface area (Å²) in [4.78, 5) is 38.9. The number of ether oxygens (including phenoxy) is 1. The number of fused-ring (bicyclic) bond motifs is 1. The summed E-state index contributed by atoms with van der Waals surface area (Å²) in [5, 5.41) is 0. The molecule has 0 saturated carbocycles. The molecular weight excluding hydrogens is 374 g/mol. The maximum atomic E-state index is 12.6. The lowest BCUT2D eigenvalue weighted by Gasteiger charge is -2.09. The first kappa shape index (κ1) is 18.4. The standard InChI is InChI=1S/C17H15N3O6S/c1-2-26-17(23)10-3-5-11(6-4-10)20-27(24,25)12-7-8-13-14(9-12)19-16(22)15(21)18-13/h3-9,20H,2H2,1H3,(H,18,21)(H,19,22). The molecule has 0 saturated heterocycles. The van der Waals surface area contributed by atoms with E-state index in [9.17, 15) is 22.8 Å². The second-order valence-corrected chi connectivity index (χ2v) is 7.20. The van der Waals surface area contributed by atoms with Gasteiger partial charge in [-0.3, -0.25) is 14.3 Å². The maximum absolute atomic E-state index is 12.6. The SMILES string of the molecule is CCOC(=O)c1ccc(NS(=O)(=O)c2ccc3[nH]c(=O)c(=O)[nH]c3c2)cc1. The Morgan fingerprint density at radius 3 is 2.26 bits per heavy atom. The fourth-order valence-electron chi connectivity index (χ4n) is 2.36. The first-order chi connectivity index (χ1) is 12.8. The predicted molar refractivity (Wildman–Crippen MR) is 98.4 cm³/mol. The average molecular weight is 389 g/mol. The molecular formula is C17H15N3O6S. The van der Waals surface area contributed by atoms with Crippen LogP contribution in [0.25, 0.3) is 11.0 Å². The van der Waals surface area contributed by atoms with Crippen LogP contribution in [-0.4, -0.2) is 31.0 Å².